The van der Waals surface area contributed by atoms with Gasteiger partial charge in [0.1, 0.15) is 0 Å². The molecule has 0 aliphatic rings. The lowest BCUT2D eigenvalue weighted by atomic mass is 10.2. The number of nitrogens with two attached hydrogens (primary N) is 1. The Kier molecular flexibility index (Phi) is 17.8. The van der Waals surface area contributed by atoms with Crippen LogP contribution in [0.4, 0.5) is 0 Å². The van der Waals surface area contributed by atoms with Crippen LogP contribution in [0.5, 0.6) is 0 Å². The van der Waals surface area contributed by atoms with Crippen molar-refractivity contribution in [2.45, 2.75) is 32.6 Å². The van der Waals surface area contributed by atoms with Gasteiger partial charge in [0.15, 0.2) is 5.96 Å². The van der Waals surface area contributed by atoms with Gasteiger partial charge < -0.3 is 20.7 Å². The molecule has 0 fully saturated rings. The minimum atomic E-state index is 0. The van der Waals surface area contributed by atoms with Gasteiger partial charge in [-0.3, -0.25) is 4.99 Å². The molecule has 3 N–H and O–H groups in total. The normalized spacial score (nSPS) is 11.5. The maximum Gasteiger partial charge on any atom is 0.188 e. The molecule has 0 saturated heterocycles. The van der Waals surface area contributed by atoms with E-state index in [1.807, 2.05) is 0 Å². The number of aliphatic imine (C=N–C) groups is 1. The van der Waals surface area contributed by atoms with E-state index in [2.05, 4.69) is 29.2 Å². The SMILES string of the molecule is CCCCCCN=C(N)NCCN(C)CCOC.I. The number of methoxy groups -OCH3 is 1. The number of unbranched alkanes of at least 4 members (excludes halogenated alkanes) is 3. The molecular formula is C13H31IN4O. The van der Waals surface area contributed by atoms with E-state index in [1.165, 1.54) is 19.3 Å². The molecule has 0 radical (unpaired) electrons. The van der Waals surface area contributed by atoms with Gasteiger partial charge in [-0.1, -0.05) is 26.2 Å². The van der Waals surface area contributed by atoms with Gasteiger partial charge in [-0.15, -0.1) is 24.0 Å². The van der Waals surface area contributed by atoms with Crippen molar-refractivity contribution in [2.24, 2.45) is 10.7 Å². The maximum atomic E-state index is 5.77. The maximum absolute atomic E-state index is 5.77. The van der Waals surface area contributed by atoms with Gasteiger partial charge in [-0.2, -0.15) is 0 Å². The highest BCUT2D eigenvalue weighted by Crippen LogP contribution is 1.98. The first-order chi connectivity index (χ1) is 8.70. The smallest absolute Gasteiger partial charge is 0.188 e. The lowest BCUT2D eigenvalue weighted by Gasteiger charge is -2.16. The topological polar surface area (TPSA) is 62.9 Å². The second-order valence-electron chi connectivity index (χ2n) is 4.55. The Labute approximate surface area is 135 Å². The van der Waals surface area contributed by atoms with Crippen molar-refractivity contribution in [1.29, 1.82) is 0 Å². The molecule has 6 heteroatoms. The molecule has 0 unspecified atom stereocenters. The average Bonchev–Trinajstić information content (AvgIpc) is 2.36. The van der Waals surface area contributed by atoms with Crippen molar-refractivity contribution >= 4 is 29.9 Å². The highest BCUT2D eigenvalue weighted by Gasteiger charge is 1.97. The largest absolute Gasteiger partial charge is 0.383 e. The molecule has 0 spiro atoms. The van der Waals surface area contributed by atoms with E-state index in [0.29, 0.717) is 5.96 Å². The number of halogens is 1. The van der Waals surface area contributed by atoms with Gasteiger partial charge in [0, 0.05) is 33.3 Å². The van der Waals surface area contributed by atoms with E-state index in [9.17, 15) is 0 Å². The standard InChI is InChI=1S/C13H30N4O.HI/c1-4-5-6-7-8-15-13(14)16-9-10-17(2)11-12-18-3;/h4-12H2,1-3H3,(H3,14,15,16);1H. The van der Waals surface area contributed by atoms with E-state index in [4.69, 9.17) is 10.5 Å². The molecule has 116 valence electrons. The summed E-state index contributed by atoms with van der Waals surface area (Å²) in [4.78, 5) is 6.49. The Bertz CT molecular complexity index is 215. The minimum absolute atomic E-state index is 0. The molecule has 0 aromatic rings. The van der Waals surface area contributed by atoms with Gasteiger partial charge in [0.05, 0.1) is 6.61 Å². The van der Waals surface area contributed by atoms with Crippen LogP contribution in [0.1, 0.15) is 32.6 Å². The fourth-order valence-electron chi connectivity index (χ4n) is 1.53. The van der Waals surface area contributed by atoms with Crippen LogP contribution in [0.2, 0.25) is 0 Å². The van der Waals surface area contributed by atoms with Crippen LogP contribution in [0.3, 0.4) is 0 Å². The number of rotatable bonds is 11. The van der Waals surface area contributed by atoms with Crippen molar-refractivity contribution in [3.05, 3.63) is 0 Å². The van der Waals surface area contributed by atoms with Crippen LogP contribution in [0.25, 0.3) is 0 Å². The zero-order chi connectivity index (χ0) is 13.6. The molecule has 0 saturated carbocycles. The second-order valence-corrected chi connectivity index (χ2v) is 4.55. The summed E-state index contributed by atoms with van der Waals surface area (Å²) in [5.74, 6) is 0.562. The summed E-state index contributed by atoms with van der Waals surface area (Å²) in [6.07, 6.45) is 4.91. The molecule has 0 aromatic carbocycles. The number of nitrogens with zero attached hydrogens (tertiary/aromatic N) is 2. The summed E-state index contributed by atoms with van der Waals surface area (Å²) < 4.78 is 5.01. The van der Waals surface area contributed by atoms with Crippen molar-refractivity contribution in [2.75, 3.05) is 46.9 Å². The quantitative estimate of drug-likeness (QED) is 0.245. The van der Waals surface area contributed by atoms with Crippen LogP contribution >= 0.6 is 24.0 Å². The first kappa shape index (κ1) is 21.2. The lowest BCUT2D eigenvalue weighted by molar-refractivity contribution is 0.162. The molecule has 0 atom stereocenters. The summed E-state index contributed by atoms with van der Waals surface area (Å²) >= 11 is 0. The van der Waals surface area contributed by atoms with Gasteiger partial charge in [-0.25, -0.2) is 0 Å². The van der Waals surface area contributed by atoms with E-state index >= 15 is 0 Å². The van der Waals surface area contributed by atoms with Gasteiger partial charge in [0.25, 0.3) is 0 Å². The summed E-state index contributed by atoms with van der Waals surface area (Å²) in [5, 5.41) is 3.13. The number of hydrogen-bond donors (Lipinski definition) is 2. The highest BCUT2D eigenvalue weighted by molar-refractivity contribution is 14.0. The summed E-state index contributed by atoms with van der Waals surface area (Å²) in [5.41, 5.74) is 5.77. The van der Waals surface area contributed by atoms with Crippen LogP contribution in [-0.2, 0) is 4.74 Å². The monoisotopic (exact) mass is 386 g/mol. The molecule has 0 heterocycles. The van der Waals surface area contributed by atoms with Crippen molar-refractivity contribution < 1.29 is 4.74 Å². The first-order valence-corrected chi connectivity index (χ1v) is 6.92. The van der Waals surface area contributed by atoms with Crippen LogP contribution in [0.15, 0.2) is 4.99 Å². The van der Waals surface area contributed by atoms with Gasteiger partial charge in [0.2, 0.25) is 0 Å². The molecule has 0 bridgehead atoms. The summed E-state index contributed by atoms with van der Waals surface area (Å²) in [6.45, 7) is 6.50. The minimum Gasteiger partial charge on any atom is -0.383 e. The van der Waals surface area contributed by atoms with Crippen molar-refractivity contribution in [1.82, 2.24) is 10.2 Å². The fourth-order valence-corrected chi connectivity index (χ4v) is 1.53. The summed E-state index contributed by atoms with van der Waals surface area (Å²) in [7, 11) is 3.79. The number of hydrogen-bond acceptors (Lipinski definition) is 3. The number of nitrogens with one attached hydrogen (secondary N) is 1. The third-order valence-electron chi connectivity index (χ3n) is 2.77. The zero-order valence-corrected chi connectivity index (χ0v) is 15.0. The summed E-state index contributed by atoms with van der Waals surface area (Å²) in [6, 6.07) is 0. The van der Waals surface area contributed by atoms with E-state index in [-0.39, 0.29) is 24.0 Å². The molecular weight excluding hydrogens is 355 g/mol. The third kappa shape index (κ3) is 15.9. The predicted molar refractivity (Wildman–Crippen MR) is 93.4 cm³/mol. The first-order valence-electron chi connectivity index (χ1n) is 6.92. The molecule has 5 nitrogen and oxygen atoms in total. The third-order valence-corrected chi connectivity index (χ3v) is 2.77. The molecule has 0 aliphatic heterocycles. The predicted octanol–water partition coefficient (Wildman–Crippen LogP) is 1.67. The van der Waals surface area contributed by atoms with Crippen LogP contribution in [-0.4, -0.2) is 57.8 Å². The average molecular weight is 386 g/mol. The van der Waals surface area contributed by atoms with Crippen molar-refractivity contribution in [3.8, 4) is 0 Å². The molecule has 0 amide bonds. The molecule has 19 heavy (non-hydrogen) atoms. The number of likely N-dealkylation sites (N-methyl/N-ethyl adjacent to an activating group) is 1. The Hall–Kier alpha value is -0.0800. The number of ether oxygens (including phenoxy) is 1. The molecule has 0 rings (SSSR count). The van der Waals surface area contributed by atoms with Gasteiger partial charge >= 0.3 is 0 Å². The zero-order valence-electron chi connectivity index (χ0n) is 12.7. The number of guanidine groups is 1. The molecule has 0 aliphatic carbocycles. The Morgan fingerprint density at radius 2 is 2.00 bits per heavy atom. The fraction of sp³-hybridized carbons (Fsp3) is 0.923. The Morgan fingerprint density at radius 3 is 2.63 bits per heavy atom. The van der Waals surface area contributed by atoms with Crippen LogP contribution < -0.4 is 11.1 Å². The highest BCUT2D eigenvalue weighted by atomic mass is 127. The van der Waals surface area contributed by atoms with Crippen LogP contribution in [0, 0.1) is 0 Å². The van der Waals surface area contributed by atoms with E-state index < -0.39 is 0 Å². The van der Waals surface area contributed by atoms with E-state index in [1.54, 1.807) is 7.11 Å². The van der Waals surface area contributed by atoms with E-state index in [0.717, 1.165) is 39.2 Å². The van der Waals surface area contributed by atoms with Crippen molar-refractivity contribution in [3.63, 3.8) is 0 Å². The Balaban J connectivity index is 0. The molecule has 0 aromatic heterocycles. The Morgan fingerprint density at radius 1 is 1.26 bits per heavy atom. The second kappa shape index (κ2) is 16.0. The van der Waals surface area contributed by atoms with Gasteiger partial charge in [-0.05, 0) is 13.5 Å². The lowest BCUT2D eigenvalue weighted by Crippen LogP contribution is -2.38.